The minimum Gasteiger partial charge on any atom is -0.501 e. The van der Waals surface area contributed by atoms with Gasteiger partial charge in [-0.15, -0.1) is 0 Å². The number of nitrogens with one attached hydrogen (secondary N) is 1. The lowest BCUT2D eigenvalue weighted by Crippen LogP contribution is -2.45. The molecule has 1 heterocycles. The number of benzene rings is 1. The summed E-state index contributed by atoms with van der Waals surface area (Å²) in [4.78, 5) is 0. The van der Waals surface area contributed by atoms with Crippen LogP contribution in [0.25, 0.3) is 0 Å². The molecular weight excluding hydrogens is 222 g/mol. The maximum Gasteiger partial charge on any atom is 0.0876 e. The van der Waals surface area contributed by atoms with Gasteiger partial charge in [0, 0.05) is 11.5 Å². The fraction of sp³-hybridized carbons (Fsp3) is 0.500. The lowest BCUT2D eigenvalue weighted by Gasteiger charge is -2.37. The molecule has 0 radical (unpaired) electrons. The molecule has 0 spiro atoms. The van der Waals surface area contributed by atoms with Crippen LogP contribution in [0.5, 0.6) is 0 Å². The summed E-state index contributed by atoms with van der Waals surface area (Å²) in [6.07, 6.45) is 4.20. The Kier molecular flexibility index (Phi) is 4.07. The van der Waals surface area contributed by atoms with Gasteiger partial charge in [-0.25, -0.2) is 0 Å². The number of rotatable bonds is 4. The van der Waals surface area contributed by atoms with Gasteiger partial charge in [-0.2, -0.15) is 0 Å². The van der Waals surface area contributed by atoms with E-state index in [0.29, 0.717) is 6.04 Å². The Labute approximate surface area is 110 Å². The highest BCUT2D eigenvalue weighted by molar-refractivity contribution is 5.31. The van der Waals surface area contributed by atoms with Crippen LogP contribution in [0.4, 0.5) is 0 Å². The molecule has 0 amide bonds. The first kappa shape index (κ1) is 13.2. The van der Waals surface area contributed by atoms with Crippen molar-refractivity contribution in [2.75, 3.05) is 13.7 Å². The second-order valence-electron chi connectivity index (χ2n) is 5.48. The van der Waals surface area contributed by atoms with Crippen molar-refractivity contribution in [2.45, 2.75) is 38.1 Å². The van der Waals surface area contributed by atoms with Crippen LogP contribution >= 0.6 is 0 Å². The standard InChI is InChI=1S/C16H23NO/c1-16(2,14-9-5-4-6-10-14)15(17-3)13-8-7-11-18-12-13/h4-6,9-10,12,15,17H,7-8,11H2,1-3H3. The third-order valence-corrected chi connectivity index (χ3v) is 3.86. The van der Waals surface area contributed by atoms with Gasteiger partial charge >= 0.3 is 0 Å². The van der Waals surface area contributed by atoms with Gasteiger partial charge in [-0.3, -0.25) is 0 Å². The van der Waals surface area contributed by atoms with E-state index in [1.54, 1.807) is 0 Å². The minimum atomic E-state index is 0.0581. The average Bonchev–Trinajstić information content (AvgIpc) is 2.41. The van der Waals surface area contributed by atoms with Crippen LogP contribution in [0.1, 0.15) is 32.3 Å². The van der Waals surface area contributed by atoms with E-state index in [-0.39, 0.29) is 5.41 Å². The summed E-state index contributed by atoms with van der Waals surface area (Å²) in [5, 5.41) is 3.46. The normalized spacial score (nSPS) is 17.8. The summed E-state index contributed by atoms with van der Waals surface area (Å²) in [7, 11) is 2.03. The third-order valence-electron chi connectivity index (χ3n) is 3.86. The van der Waals surface area contributed by atoms with Gasteiger partial charge in [-0.05, 0) is 31.0 Å². The highest BCUT2D eigenvalue weighted by Gasteiger charge is 2.33. The van der Waals surface area contributed by atoms with Crippen molar-refractivity contribution in [3.8, 4) is 0 Å². The van der Waals surface area contributed by atoms with E-state index >= 15 is 0 Å². The molecule has 2 nitrogen and oxygen atoms in total. The molecule has 98 valence electrons. The largest absolute Gasteiger partial charge is 0.501 e. The summed E-state index contributed by atoms with van der Waals surface area (Å²) < 4.78 is 5.49. The van der Waals surface area contributed by atoms with E-state index in [0.717, 1.165) is 19.4 Å². The molecule has 1 aliphatic heterocycles. The van der Waals surface area contributed by atoms with Gasteiger partial charge in [0.1, 0.15) is 0 Å². The van der Waals surface area contributed by atoms with Gasteiger partial charge in [-0.1, -0.05) is 44.2 Å². The zero-order chi connectivity index (χ0) is 13.0. The Balaban J connectivity index is 2.28. The number of likely N-dealkylation sites (N-methyl/N-ethyl adjacent to an activating group) is 1. The molecule has 2 heteroatoms. The molecule has 1 aromatic rings. The molecule has 0 saturated carbocycles. The Hall–Kier alpha value is -1.28. The zero-order valence-corrected chi connectivity index (χ0v) is 11.6. The molecule has 0 saturated heterocycles. The average molecular weight is 245 g/mol. The van der Waals surface area contributed by atoms with Crippen molar-refractivity contribution < 1.29 is 4.74 Å². The molecule has 1 aromatic carbocycles. The summed E-state index contributed by atoms with van der Waals surface area (Å²) in [6, 6.07) is 11.0. The van der Waals surface area contributed by atoms with Gasteiger partial charge in [0.2, 0.25) is 0 Å². The zero-order valence-electron chi connectivity index (χ0n) is 11.6. The van der Waals surface area contributed by atoms with Crippen molar-refractivity contribution in [3.05, 3.63) is 47.7 Å². The number of hydrogen-bond donors (Lipinski definition) is 1. The second kappa shape index (κ2) is 5.57. The lowest BCUT2D eigenvalue weighted by molar-refractivity contribution is 0.213. The molecule has 1 aliphatic rings. The minimum absolute atomic E-state index is 0.0581. The molecule has 18 heavy (non-hydrogen) atoms. The SMILES string of the molecule is CNC(C1=COCCC1)C(C)(C)c1ccccc1. The number of hydrogen-bond acceptors (Lipinski definition) is 2. The molecule has 0 fully saturated rings. The predicted molar refractivity (Wildman–Crippen MR) is 75.6 cm³/mol. The van der Waals surface area contributed by atoms with Crippen molar-refractivity contribution in [3.63, 3.8) is 0 Å². The van der Waals surface area contributed by atoms with Crippen LogP contribution in [0.15, 0.2) is 42.2 Å². The first-order chi connectivity index (χ1) is 8.66. The van der Waals surface area contributed by atoms with Crippen LogP contribution in [0, 0.1) is 0 Å². The van der Waals surface area contributed by atoms with Gasteiger partial charge in [0.25, 0.3) is 0 Å². The first-order valence-corrected chi connectivity index (χ1v) is 6.69. The Morgan fingerprint density at radius 1 is 1.22 bits per heavy atom. The summed E-state index contributed by atoms with van der Waals surface area (Å²) in [5.41, 5.74) is 2.79. The summed E-state index contributed by atoms with van der Waals surface area (Å²) >= 11 is 0. The Bertz CT molecular complexity index is 408. The molecule has 0 aromatic heterocycles. The molecule has 1 N–H and O–H groups in total. The van der Waals surface area contributed by atoms with Gasteiger partial charge in [0.05, 0.1) is 12.9 Å². The van der Waals surface area contributed by atoms with E-state index in [2.05, 4.69) is 49.5 Å². The summed E-state index contributed by atoms with van der Waals surface area (Å²) in [5.74, 6) is 0. The van der Waals surface area contributed by atoms with Crippen LogP contribution < -0.4 is 5.32 Å². The van der Waals surface area contributed by atoms with E-state index in [4.69, 9.17) is 4.74 Å². The monoisotopic (exact) mass is 245 g/mol. The van der Waals surface area contributed by atoms with E-state index in [9.17, 15) is 0 Å². The van der Waals surface area contributed by atoms with Crippen molar-refractivity contribution in [2.24, 2.45) is 0 Å². The quantitative estimate of drug-likeness (QED) is 0.879. The highest BCUT2D eigenvalue weighted by Crippen LogP contribution is 2.33. The van der Waals surface area contributed by atoms with Gasteiger partial charge < -0.3 is 10.1 Å². The lowest BCUT2D eigenvalue weighted by atomic mass is 9.74. The van der Waals surface area contributed by atoms with E-state index in [1.165, 1.54) is 11.1 Å². The van der Waals surface area contributed by atoms with Crippen LogP contribution in [-0.2, 0) is 10.2 Å². The van der Waals surface area contributed by atoms with Crippen LogP contribution in [-0.4, -0.2) is 19.7 Å². The predicted octanol–water partition coefficient (Wildman–Crippen LogP) is 3.25. The molecular formula is C16H23NO. The first-order valence-electron chi connectivity index (χ1n) is 6.69. The molecule has 0 aliphatic carbocycles. The van der Waals surface area contributed by atoms with E-state index in [1.807, 2.05) is 13.3 Å². The van der Waals surface area contributed by atoms with Gasteiger partial charge in [0.15, 0.2) is 0 Å². The maximum absolute atomic E-state index is 5.49. The summed E-state index contributed by atoms with van der Waals surface area (Å²) in [6.45, 7) is 5.43. The Morgan fingerprint density at radius 2 is 1.94 bits per heavy atom. The number of ether oxygens (including phenoxy) is 1. The fourth-order valence-electron chi connectivity index (χ4n) is 2.84. The second-order valence-corrected chi connectivity index (χ2v) is 5.48. The molecule has 1 atom stereocenters. The Morgan fingerprint density at radius 3 is 2.50 bits per heavy atom. The van der Waals surface area contributed by atoms with Crippen molar-refractivity contribution >= 4 is 0 Å². The molecule has 1 unspecified atom stereocenters. The van der Waals surface area contributed by atoms with Crippen LogP contribution in [0.3, 0.4) is 0 Å². The van der Waals surface area contributed by atoms with E-state index < -0.39 is 0 Å². The fourth-order valence-corrected chi connectivity index (χ4v) is 2.84. The smallest absolute Gasteiger partial charge is 0.0876 e. The topological polar surface area (TPSA) is 21.3 Å². The van der Waals surface area contributed by atoms with Crippen molar-refractivity contribution in [1.29, 1.82) is 0 Å². The molecule has 2 rings (SSSR count). The maximum atomic E-state index is 5.49. The van der Waals surface area contributed by atoms with Crippen molar-refractivity contribution in [1.82, 2.24) is 5.32 Å². The third kappa shape index (κ3) is 2.59. The highest BCUT2D eigenvalue weighted by atomic mass is 16.5. The molecule has 0 bridgehead atoms. The van der Waals surface area contributed by atoms with Crippen LogP contribution in [0.2, 0.25) is 0 Å².